The number of aliphatic carboxylic acids is 1. The van der Waals surface area contributed by atoms with Crippen molar-refractivity contribution in [1.82, 2.24) is 0 Å². The molecule has 0 spiro atoms. The van der Waals surface area contributed by atoms with Crippen LogP contribution in [0, 0.1) is 11.3 Å². The van der Waals surface area contributed by atoms with Crippen molar-refractivity contribution >= 4 is 5.97 Å². The van der Waals surface area contributed by atoms with Crippen LogP contribution in [0.1, 0.15) is 46.5 Å². The highest BCUT2D eigenvalue weighted by Gasteiger charge is 2.31. The number of carboxylic acid groups (broad SMARTS) is 1. The van der Waals surface area contributed by atoms with E-state index in [1.807, 2.05) is 6.92 Å². The molecule has 1 saturated carbocycles. The van der Waals surface area contributed by atoms with Gasteiger partial charge in [-0.05, 0) is 37.5 Å². The van der Waals surface area contributed by atoms with Gasteiger partial charge in [0.2, 0.25) is 0 Å². The molecule has 2 atom stereocenters. The Morgan fingerprint density at radius 3 is 2.80 bits per heavy atom. The molecule has 3 heteroatoms. The molecule has 3 nitrogen and oxygen atoms in total. The van der Waals surface area contributed by atoms with Crippen molar-refractivity contribution in [3.05, 3.63) is 0 Å². The quantitative estimate of drug-likeness (QED) is 0.782. The lowest BCUT2D eigenvalue weighted by Crippen LogP contribution is -2.31. The Hall–Kier alpha value is -0.570. The molecule has 1 aliphatic carbocycles. The van der Waals surface area contributed by atoms with Gasteiger partial charge >= 0.3 is 5.97 Å². The first-order valence-electron chi connectivity index (χ1n) is 5.74. The molecule has 1 fully saturated rings. The monoisotopic (exact) mass is 214 g/mol. The molecule has 0 aliphatic heterocycles. The van der Waals surface area contributed by atoms with Gasteiger partial charge in [0.05, 0.1) is 6.10 Å². The van der Waals surface area contributed by atoms with Gasteiger partial charge in [-0.15, -0.1) is 0 Å². The highest BCUT2D eigenvalue weighted by molar-refractivity contribution is 5.68. The lowest BCUT2D eigenvalue weighted by molar-refractivity contribution is -0.145. The molecule has 0 aromatic heterocycles. The van der Waals surface area contributed by atoms with Gasteiger partial charge in [0, 0.05) is 0 Å². The molecule has 1 rings (SSSR count). The van der Waals surface area contributed by atoms with E-state index in [2.05, 4.69) is 13.8 Å². The summed E-state index contributed by atoms with van der Waals surface area (Å²) >= 11 is 0. The zero-order valence-electron chi connectivity index (χ0n) is 9.95. The van der Waals surface area contributed by atoms with Gasteiger partial charge in [-0.1, -0.05) is 20.3 Å². The molecule has 0 aromatic rings. The van der Waals surface area contributed by atoms with Crippen molar-refractivity contribution in [2.75, 3.05) is 6.61 Å². The van der Waals surface area contributed by atoms with Gasteiger partial charge < -0.3 is 9.84 Å². The van der Waals surface area contributed by atoms with E-state index in [0.29, 0.717) is 11.3 Å². The van der Waals surface area contributed by atoms with Gasteiger partial charge in [0.25, 0.3) is 0 Å². The predicted octanol–water partition coefficient (Wildman–Crippen LogP) is 2.69. The largest absolute Gasteiger partial charge is 0.480 e. The fourth-order valence-corrected chi connectivity index (χ4v) is 2.50. The zero-order valence-corrected chi connectivity index (χ0v) is 9.95. The van der Waals surface area contributed by atoms with Crippen LogP contribution in [0.4, 0.5) is 0 Å². The average molecular weight is 214 g/mol. The molecule has 0 amide bonds. The lowest BCUT2D eigenvalue weighted by atomic mass is 9.71. The Balaban J connectivity index is 2.38. The maximum absolute atomic E-state index is 10.4. The Kier molecular flexibility index (Phi) is 4.14. The molecule has 1 N–H and O–H groups in total. The summed E-state index contributed by atoms with van der Waals surface area (Å²) in [6.07, 6.45) is 4.90. The van der Waals surface area contributed by atoms with E-state index in [-0.39, 0.29) is 12.7 Å². The molecule has 88 valence electrons. The number of hydrogen-bond acceptors (Lipinski definition) is 2. The third-order valence-corrected chi connectivity index (χ3v) is 3.38. The standard InChI is InChI=1S/C12H22O3/c1-9(15-8-11(13)14)10-5-4-6-12(2,3)7-10/h9-10H,4-8H2,1-3H3,(H,13,14)/t9-,10+/m0/s1. The van der Waals surface area contributed by atoms with E-state index >= 15 is 0 Å². The van der Waals surface area contributed by atoms with Crippen LogP contribution in [0.2, 0.25) is 0 Å². The topological polar surface area (TPSA) is 46.5 Å². The summed E-state index contributed by atoms with van der Waals surface area (Å²) in [5.74, 6) is -0.356. The van der Waals surface area contributed by atoms with Crippen LogP contribution in [-0.2, 0) is 9.53 Å². The van der Waals surface area contributed by atoms with Crippen LogP contribution in [0.3, 0.4) is 0 Å². The summed E-state index contributed by atoms with van der Waals surface area (Å²) in [5, 5.41) is 8.54. The molecule has 0 saturated heterocycles. The van der Waals surface area contributed by atoms with Gasteiger partial charge in [0.15, 0.2) is 0 Å². The summed E-state index contributed by atoms with van der Waals surface area (Å²) in [7, 11) is 0. The van der Waals surface area contributed by atoms with Crippen molar-refractivity contribution in [1.29, 1.82) is 0 Å². The van der Waals surface area contributed by atoms with E-state index in [1.54, 1.807) is 0 Å². The Morgan fingerprint density at radius 2 is 2.27 bits per heavy atom. The molecule has 0 bridgehead atoms. The van der Waals surface area contributed by atoms with Gasteiger partial charge in [0.1, 0.15) is 6.61 Å². The van der Waals surface area contributed by atoms with Gasteiger partial charge in [-0.3, -0.25) is 0 Å². The fraction of sp³-hybridized carbons (Fsp3) is 0.917. The molecular formula is C12H22O3. The van der Waals surface area contributed by atoms with Crippen LogP contribution in [0.5, 0.6) is 0 Å². The summed E-state index contributed by atoms with van der Waals surface area (Å²) in [6, 6.07) is 0. The highest BCUT2D eigenvalue weighted by atomic mass is 16.5. The number of carboxylic acids is 1. The minimum absolute atomic E-state index is 0.0701. The smallest absolute Gasteiger partial charge is 0.329 e. The first-order valence-corrected chi connectivity index (χ1v) is 5.74. The first kappa shape index (κ1) is 12.5. The van der Waals surface area contributed by atoms with Crippen LogP contribution >= 0.6 is 0 Å². The molecule has 1 aliphatic rings. The maximum Gasteiger partial charge on any atom is 0.329 e. The molecule has 0 unspecified atom stereocenters. The Morgan fingerprint density at radius 1 is 1.60 bits per heavy atom. The number of rotatable bonds is 4. The van der Waals surface area contributed by atoms with Crippen molar-refractivity contribution in [3.8, 4) is 0 Å². The normalized spacial score (nSPS) is 27.3. The summed E-state index contributed by atoms with van der Waals surface area (Å²) in [5.41, 5.74) is 0.393. The summed E-state index contributed by atoms with van der Waals surface area (Å²) in [4.78, 5) is 10.4. The lowest BCUT2D eigenvalue weighted by Gasteiger charge is -2.37. The third kappa shape index (κ3) is 4.20. The number of carbonyl (C=O) groups is 1. The zero-order chi connectivity index (χ0) is 11.5. The number of hydrogen-bond donors (Lipinski definition) is 1. The van der Waals surface area contributed by atoms with Crippen molar-refractivity contribution in [2.24, 2.45) is 11.3 Å². The van der Waals surface area contributed by atoms with E-state index < -0.39 is 5.97 Å². The maximum atomic E-state index is 10.4. The SMILES string of the molecule is C[C@H](OCC(=O)O)[C@@H]1CCCC(C)(C)C1. The fourth-order valence-electron chi connectivity index (χ4n) is 2.50. The second-order valence-electron chi connectivity index (χ2n) is 5.43. The summed E-state index contributed by atoms with van der Waals surface area (Å²) in [6.45, 7) is 6.39. The van der Waals surface area contributed by atoms with Gasteiger partial charge in [-0.2, -0.15) is 0 Å². The van der Waals surface area contributed by atoms with Crippen LogP contribution in [0.15, 0.2) is 0 Å². The van der Waals surface area contributed by atoms with E-state index in [4.69, 9.17) is 9.84 Å². The van der Waals surface area contributed by atoms with E-state index in [1.165, 1.54) is 19.3 Å². The number of ether oxygens (including phenoxy) is 1. The first-order chi connectivity index (χ1) is 6.91. The minimum atomic E-state index is -0.878. The molecule has 15 heavy (non-hydrogen) atoms. The Bertz CT molecular complexity index is 223. The Labute approximate surface area is 91.8 Å². The van der Waals surface area contributed by atoms with E-state index in [9.17, 15) is 4.79 Å². The van der Waals surface area contributed by atoms with Crippen molar-refractivity contribution < 1.29 is 14.6 Å². The molecule has 0 aromatic carbocycles. The minimum Gasteiger partial charge on any atom is -0.480 e. The van der Waals surface area contributed by atoms with E-state index in [0.717, 1.165) is 6.42 Å². The van der Waals surface area contributed by atoms with Gasteiger partial charge in [-0.25, -0.2) is 4.79 Å². The van der Waals surface area contributed by atoms with Crippen molar-refractivity contribution in [2.45, 2.75) is 52.6 Å². The molecule has 0 radical (unpaired) electrons. The highest BCUT2D eigenvalue weighted by Crippen LogP contribution is 2.40. The predicted molar refractivity (Wildman–Crippen MR) is 58.8 cm³/mol. The van der Waals surface area contributed by atoms with Crippen LogP contribution in [0.25, 0.3) is 0 Å². The van der Waals surface area contributed by atoms with Crippen LogP contribution < -0.4 is 0 Å². The van der Waals surface area contributed by atoms with Crippen molar-refractivity contribution in [3.63, 3.8) is 0 Å². The van der Waals surface area contributed by atoms with Crippen LogP contribution in [-0.4, -0.2) is 23.8 Å². The third-order valence-electron chi connectivity index (χ3n) is 3.38. The summed E-state index contributed by atoms with van der Waals surface area (Å²) < 4.78 is 5.34. The second-order valence-corrected chi connectivity index (χ2v) is 5.43. The molecular weight excluding hydrogens is 192 g/mol. The molecule has 0 heterocycles. The second kappa shape index (κ2) is 4.97. The average Bonchev–Trinajstić information content (AvgIpc) is 2.12.